The standard InChI is InChI=1S/C23H31N3O6S/c1-18(16-25-23(28)32-17-19-6-4-3-5-7-19)8-13-22(27)24-14-15-33(29,30)26-20-9-11-21(31-2)12-10-20/h3-7,9-12,18,26H,8,13-17H2,1-2H3,(H,24,27)(H,25,28). The molecule has 3 N–H and O–H groups in total. The lowest BCUT2D eigenvalue weighted by molar-refractivity contribution is -0.121. The zero-order valence-electron chi connectivity index (χ0n) is 18.9. The number of anilines is 1. The molecule has 0 aliphatic carbocycles. The second-order valence-electron chi connectivity index (χ2n) is 7.59. The highest BCUT2D eigenvalue weighted by Crippen LogP contribution is 2.16. The van der Waals surface area contributed by atoms with Crippen molar-refractivity contribution in [3.8, 4) is 5.75 Å². The molecule has 180 valence electrons. The Morgan fingerprint density at radius 2 is 1.70 bits per heavy atom. The van der Waals surface area contributed by atoms with E-state index in [1.807, 2.05) is 37.3 Å². The van der Waals surface area contributed by atoms with Crippen LogP contribution < -0.4 is 20.1 Å². The molecule has 0 fully saturated rings. The summed E-state index contributed by atoms with van der Waals surface area (Å²) in [5.74, 6) is 0.196. The molecule has 10 heteroatoms. The first-order valence-electron chi connectivity index (χ1n) is 10.6. The zero-order chi connectivity index (χ0) is 24.1. The van der Waals surface area contributed by atoms with Crippen LogP contribution in [0, 0.1) is 5.92 Å². The number of carbonyl (C=O) groups excluding carboxylic acids is 2. The summed E-state index contributed by atoms with van der Waals surface area (Å²) in [5.41, 5.74) is 1.32. The van der Waals surface area contributed by atoms with Crippen LogP contribution in [0.1, 0.15) is 25.3 Å². The maximum Gasteiger partial charge on any atom is 0.407 e. The fraction of sp³-hybridized carbons (Fsp3) is 0.391. The van der Waals surface area contributed by atoms with E-state index in [9.17, 15) is 18.0 Å². The van der Waals surface area contributed by atoms with Crippen molar-refractivity contribution in [3.05, 3.63) is 60.2 Å². The van der Waals surface area contributed by atoms with Gasteiger partial charge in [-0.05, 0) is 42.2 Å². The van der Waals surface area contributed by atoms with Gasteiger partial charge in [0.2, 0.25) is 15.9 Å². The third-order valence-corrected chi connectivity index (χ3v) is 6.02. The van der Waals surface area contributed by atoms with E-state index >= 15 is 0 Å². The van der Waals surface area contributed by atoms with Crippen molar-refractivity contribution >= 4 is 27.7 Å². The van der Waals surface area contributed by atoms with Gasteiger partial charge in [-0.3, -0.25) is 9.52 Å². The molecule has 0 aromatic heterocycles. The van der Waals surface area contributed by atoms with E-state index in [1.54, 1.807) is 24.3 Å². The van der Waals surface area contributed by atoms with Crippen molar-refractivity contribution in [2.45, 2.75) is 26.4 Å². The van der Waals surface area contributed by atoms with Crippen LogP contribution in [0.25, 0.3) is 0 Å². The number of methoxy groups -OCH3 is 1. The Kier molecular flexibility index (Phi) is 10.5. The minimum absolute atomic E-state index is 0.00274. The topological polar surface area (TPSA) is 123 Å². The molecule has 0 radical (unpaired) electrons. The summed E-state index contributed by atoms with van der Waals surface area (Å²) in [7, 11) is -2.06. The summed E-state index contributed by atoms with van der Waals surface area (Å²) >= 11 is 0. The van der Waals surface area contributed by atoms with Gasteiger partial charge in [-0.1, -0.05) is 37.3 Å². The summed E-state index contributed by atoms with van der Waals surface area (Å²) in [4.78, 5) is 23.8. The van der Waals surface area contributed by atoms with E-state index < -0.39 is 16.1 Å². The van der Waals surface area contributed by atoms with Gasteiger partial charge in [0.1, 0.15) is 12.4 Å². The summed E-state index contributed by atoms with van der Waals surface area (Å²) in [6.07, 6.45) is 0.264. The van der Waals surface area contributed by atoms with Gasteiger partial charge in [0.15, 0.2) is 0 Å². The van der Waals surface area contributed by atoms with Crippen LogP contribution >= 0.6 is 0 Å². The van der Waals surface area contributed by atoms with Crippen LogP contribution in [-0.2, 0) is 26.2 Å². The fourth-order valence-electron chi connectivity index (χ4n) is 2.81. The fourth-order valence-corrected chi connectivity index (χ4v) is 3.78. The van der Waals surface area contributed by atoms with E-state index in [4.69, 9.17) is 9.47 Å². The predicted molar refractivity (Wildman–Crippen MR) is 126 cm³/mol. The third kappa shape index (κ3) is 10.7. The number of nitrogens with one attached hydrogen (secondary N) is 3. The maximum atomic E-state index is 12.1. The Morgan fingerprint density at radius 1 is 1.00 bits per heavy atom. The van der Waals surface area contributed by atoms with Crippen LogP contribution in [0.3, 0.4) is 0 Å². The molecule has 33 heavy (non-hydrogen) atoms. The number of alkyl carbamates (subject to hydrolysis) is 1. The second kappa shape index (κ2) is 13.3. The first-order valence-corrected chi connectivity index (χ1v) is 12.3. The summed E-state index contributed by atoms with van der Waals surface area (Å²) < 4.78 is 36.9. The van der Waals surface area contributed by atoms with Crippen molar-refractivity contribution < 1.29 is 27.5 Å². The predicted octanol–water partition coefficient (Wildman–Crippen LogP) is 2.90. The molecular formula is C23H31N3O6S. The molecule has 0 aliphatic rings. The van der Waals surface area contributed by atoms with Gasteiger partial charge in [0, 0.05) is 25.2 Å². The van der Waals surface area contributed by atoms with E-state index in [0.29, 0.717) is 24.4 Å². The van der Waals surface area contributed by atoms with E-state index in [-0.39, 0.29) is 37.2 Å². The maximum absolute atomic E-state index is 12.1. The van der Waals surface area contributed by atoms with Crippen molar-refractivity contribution in [1.29, 1.82) is 0 Å². The highest BCUT2D eigenvalue weighted by molar-refractivity contribution is 7.92. The monoisotopic (exact) mass is 477 g/mol. The van der Waals surface area contributed by atoms with Gasteiger partial charge in [0.05, 0.1) is 12.9 Å². The van der Waals surface area contributed by atoms with Crippen molar-refractivity contribution in [3.63, 3.8) is 0 Å². The molecule has 0 heterocycles. The summed E-state index contributed by atoms with van der Waals surface area (Å²) in [6, 6.07) is 15.9. The van der Waals surface area contributed by atoms with Crippen LogP contribution in [0.2, 0.25) is 0 Å². The second-order valence-corrected chi connectivity index (χ2v) is 9.43. The number of benzene rings is 2. The van der Waals surface area contributed by atoms with Crippen molar-refractivity contribution in [1.82, 2.24) is 10.6 Å². The molecule has 2 rings (SSSR count). The molecule has 1 atom stereocenters. The minimum atomic E-state index is -3.59. The molecule has 9 nitrogen and oxygen atoms in total. The van der Waals surface area contributed by atoms with E-state index in [0.717, 1.165) is 5.56 Å². The minimum Gasteiger partial charge on any atom is -0.497 e. The van der Waals surface area contributed by atoms with Gasteiger partial charge in [-0.2, -0.15) is 0 Å². The third-order valence-electron chi connectivity index (χ3n) is 4.73. The number of sulfonamides is 1. The van der Waals surface area contributed by atoms with Gasteiger partial charge in [-0.15, -0.1) is 0 Å². The SMILES string of the molecule is COc1ccc(NS(=O)(=O)CCNC(=O)CCC(C)CNC(=O)OCc2ccccc2)cc1. The molecule has 2 aromatic rings. The van der Waals surface area contributed by atoms with Gasteiger partial charge in [-0.25, -0.2) is 13.2 Å². The lowest BCUT2D eigenvalue weighted by atomic mass is 10.1. The Bertz CT molecular complexity index is 981. The molecule has 0 saturated heterocycles. The first-order chi connectivity index (χ1) is 15.8. The normalized spacial score (nSPS) is 11.8. The largest absolute Gasteiger partial charge is 0.497 e. The van der Waals surface area contributed by atoms with E-state index in [2.05, 4.69) is 15.4 Å². The number of amides is 2. The number of carbonyl (C=O) groups is 2. The highest BCUT2D eigenvalue weighted by atomic mass is 32.2. The summed E-state index contributed by atoms with van der Waals surface area (Å²) in [5, 5.41) is 5.29. The zero-order valence-corrected chi connectivity index (χ0v) is 19.7. The van der Waals surface area contributed by atoms with Crippen LogP contribution in [0.4, 0.5) is 10.5 Å². The molecule has 2 aromatic carbocycles. The summed E-state index contributed by atoms with van der Waals surface area (Å²) in [6.45, 7) is 2.48. The van der Waals surface area contributed by atoms with Crippen molar-refractivity contribution in [2.24, 2.45) is 5.92 Å². The van der Waals surface area contributed by atoms with Gasteiger partial charge >= 0.3 is 6.09 Å². The number of hydrogen-bond acceptors (Lipinski definition) is 6. The first kappa shape index (κ1) is 26.0. The Labute approximate surface area is 194 Å². The molecule has 0 saturated carbocycles. The number of ether oxygens (including phenoxy) is 2. The molecule has 0 bridgehead atoms. The molecule has 2 amide bonds. The lowest BCUT2D eigenvalue weighted by Crippen LogP contribution is -2.32. The quantitative estimate of drug-likeness (QED) is 0.408. The molecular weight excluding hydrogens is 446 g/mol. The number of hydrogen-bond donors (Lipinski definition) is 3. The Morgan fingerprint density at radius 3 is 2.36 bits per heavy atom. The smallest absolute Gasteiger partial charge is 0.407 e. The van der Waals surface area contributed by atoms with Crippen LogP contribution in [-0.4, -0.2) is 46.4 Å². The average Bonchev–Trinajstić information content (AvgIpc) is 2.81. The molecule has 0 aliphatic heterocycles. The lowest BCUT2D eigenvalue weighted by Gasteiger charge is -2.13. The molecule has 1 unspecified atom stereocenters. The van der Waals surface area contributed by atoms with Gasteiger partial charge < -0.3 is 20.1 Å². The van der Waals surface area contributed by atoms with E-state index in [1.165, 1.54) is 7.11 Å². The van der Waals surface area contributed by atoms with Gasteiger partial charge in [0.25, 0.3) is 0 Å². The number of rotatable bonds is 13. The van der Waals surface area contributed by atoms with Crippen molar-refractivity contribution in [2.75, 3.05) is 30.7 Å². The Hall–Kier alpha value is -3.27. The highest BCUT2D eigenvalue weighted by Gasteiger charge is 2.13. The molecule has 0 spiro atoms. The Balaban J connectivity index is 1.58. The van der Waals surface area contributed by atoms with Crippen LogP contribution in [0.5, 0.6) is 5.75 Å². The average molecular weight is 478 g/mol. The van der Waals surface area contributed by atoms with Crippen LogP contribution in [0.15, 0.2) is 54.6 Å².